The van der Waals surface area contributed by atoms with E-state index in [2.05, 4.69) is 25.9 Å². The average molecular weight is 811 g/mol. The number of carbonyl (C=O) groups is 4. The Morgan fingerprint density at radius 3 is 1.90 bits per heavy atom. The maximum absolute atomic E-state index is 12.8. The molecule has 2 aliphatic heterocycles. The molecule has 3 N–H and O–H groups in total. The van der Waals surface area contributed by atoms with Crippen LogP contribution in [0.3, 0.4) is 0 Å². The molecule has 0 unspecified atom stereocenters. The number of amides is 2. The maximum Gasteiger partial charge on any atom is 0.406 e. The van der Waals surface area contributed by atoms with Gasteiger partial charge in [0.15, 0.2) is 11.9 Å². The number of rotatable bonds is 6. The van der Waals surface area contributed by atoms with Gasteiger partial charge in [0.2, 0.25) is 17.7 Å². The SMILES string of the molecule is O=C1OC2(CCC(C(=O)Nc3cc(-c4ccccc4)no3)CC2)c2ccc[n+]([O-])c21.O=C1OC2(CCC(O)(C(=O)Nc3cc(-c4ccccc4)no3)CC2)c2cccnc21. The first kappa shape index (κ1) is 38.3. The first-order chi connectivity index (χ1) is 29.0. The summed E-state index contributed by atoms with van der Waals surface area (Å²) >= 11 is 0. The van der Waals surface area contributed by atoms with E-state index < -0.39 is 34.6 Å². The lowest BCUT2D eigenvalue weighted by molar-refractivity contribution is -0.608. The fourth-order valence-corrected chi connectivity index (χ4v) is 8.55. The number of ether oxygens (including phenoxy) is 2. The molecule has 0 atom stereocenters. The van der Waals surface area contributed by atoms with Crippen LogP contribution in [0.15, 0.2) is 119 Å². The van der Waals surface area contributed by atoms with Crippen LogP contribution in [0.1, 0.15) is 83.5 Å². The molecule has 2 saturated carbocycles. The predicted molar refractivity (Wildman–Crippen MR) is 210 cm³/mol. The van der Waals surface area contributed by atoms with Gasteiger partial charge in [-0.25, -0.2) is 14.6 Å². The molecule has 16 nitrogen and oxygen atoms in total. The number of pyridine rings is 2. The van der Waals surface area contributed by atoms with Crippen LogP contribution in [0.5, 0.6) is 0 Å². The van der Waals surface area contributed by atoms with E-state index in [-0.39, 0.29) is 36.2 Å². The third kappa shape index (κ3) is 7.04. The van der Waals surface area contributed by atoms with Gasteiger partial charge in [0.1, 0.15) is 28.2 Å². The number of nitrogens with one attached hydrogen (secondary N) is 2. The first-order valence-corrected chi connectivity index (χ1v) is 19.6. The maximum atomic E-state index is 12.8. The number of anilines is 2. The largest absolute Gasteiger partial charge is 0.618 e. The van der Waals surface area contributed by atoms with Crippen molar-refractivity contribution in [3.63, 3.8) is 0 Å². The molecule has 4 aliphatic rings. The second-order valence-corrected chi connectivity index (χ2v) is 15.4. The zero-order valence-corrected chi connectivity index (χ0v) is 32.0. The van der Waals surface area contributed by atoms with Gasteiger partial charge in [-0.15, -0.1) is 0 Å². The van der Waals surface area contributed by atoms with Gasteiger partial charge < -0.3 is 28.8 Å². The van der Waals surface area contributed by atoms with Gasteiger partial charge in [-0.2, -0.15) is 4.73 Å². The van der Waals surface area contributed by atoms with Gasteiger partial charge >= 0.3 is 17.6 Å². The Morgan fingerprint density at radius 2 is 1.27 bits per heavy atom. The van der Waals surface area contributed by atoms with E-state index in [1.807, 2.05) is 66.7 Å². The summed E-state index contributed by atoms with van der Waals surface area (Å²) in [6, 6.07) is 29.2. The number of carbonyl (C=O) groups excluding carboxylic acids is 4. The number of aromatic nitrogens is 4. The Labute approximate surface area is 342 Å². The Hall–Kier alpha value is -7.20. The molecular weight excluding hydrogens is 773 g/mol. The molecule has 304 valence electrons. The van der Waals surface area contributed by atoms with Crippen LogP contribution < -0.4 is 15.4 Å². The van der Waals surface area contributed by atoms with Crippen molar-refractivity contribution in [2.45, 2.75) is 68.2 Å². The highest BCUT2D eigenvalue weighted by Crippen LogP contribution is 2.49. The Balaban J connectivity index is 0.000000154. The van der Waals surface area contributed by atoms with E-state index in [9.17, 15) is 29.5 Å². The van der Waals surface area contributed by atoms with Gasteiger partial charge in [0.25, 0.3) is 5.91 Å². The highest BCUT2D eigenvalue weighted by atomic mass is 16.6. The molecule has 6 heterocycles. The molecule has 2 spiro atoms. The third-order valence-corrected chi connectivity index (χ3v) is 11.8. The number of benzene rings is 2. The van der Waals surface area contributed by atoms with Crippen LogP contribution in [-0.2, 0) is 30.3 Å². The molecule has 0 radical (unpaired) electrons. The highest BCUT2D eigenvalue weighted by Gasteiger charge is 2.54. The zero-order valence-electron chi connectivity index (χ0n) is 32.0. The molecule has 16 heteroatoms. The molecule has 2 fully saturated rings. The lowest BCUT2D eigenvalue weighted by atomic mass is 9.73. The van der Waals surface area contributed by atoms with E-state index >= 15 is 0 Å². The van der Waals surface area contributed by atoms with Crippen molar-refractivity contribution in [3.05, 3.63) is 137 Å². The molecule has 0 bridgehead atoms. The summed E-state index contributed by atoms with van der Waals surface area (Å²) in [6.07, 6.45) is 5.81. The molecule has 2 amide bonds. The second kappa shape index (κ2) is 15.2. The molecule has 0 saturated heterocycles. The van der Waals surface area contributed by atoms with E-state index in [1.54, 1.807) is 36.5 Å². The molecule has 2 aliphatic carbocycles. The summed E-state index contributed by atoms with van der Waals surface area (Å²) in [5.41, 5.74) is 1.45. The average Bonchev–Trinajstić information content (AvgIpc) is 4.06. The monoisotopic (exact) mass is 810 g/mol. The molecule has 2 aromatic carbocycles. The number of esters is 2. The second-order valence-electron chi connectivity index (χ2n) is 15.4. The Bertz CT molecular complexity index is 2590. The van der Waals surface area contributed by atoms with Crippen molar-refractivity contribution >= 4 is 35.5 Å². The lowest BCUT2D eigenvalue weighted by Crippen LogP contribution is -2.49. The molecule has 4 aromatic heterocycles. The van der Waals surface area contributed by atoms with Crippen molar-refractivity contribution in [2.75, 3.05) is 10.6 Å². The third-order valence-electron chi connectivity index (χ3n) is 11.8. The number of aliphatic hydroxyl groups is 1. The summed E-state index contributed by atoms with van der Waals surface area (Å²) in [4.78, 5) is 54.0. The normalized spacial score (nSPS) is 23.8. The molecule has 6 aromatic rings. The fourth-order valence-electron chi connectivity index (χ4n) is 8.55. The minimum absolute atomic E-state index is 0.0514. The van der Waals surface area contributed by atoms with Crippen LogP contribution in [0, 0.1) is 11.1 Å². The van der Waals surface area contributed by atoms with Crippen molar-refractivity contribution in [1.29, 1.82) is 0 Å². The number of hydrogen-bond donors (Lipinski definition) is 3. The van der Waals surface area contributed by atoms with Gasteiger partial charge in [-0.3, -0.25) is 20.2 Å². The standard InChI is InChI=1S/2C22H19N3O5/c26-20(23-18-13-17(24-30-18)14-5-2-1-3-6-14)15-8-10-22(11-9-15)16-7-4-12-25(28)19(16)21(27)29-22;26-19-18-15(7-4-12-23-18)22(29-19)10-8-21(28,9-11-22)20(27)24-17-13-16(25-30-17)14-5-2-1-3-6-14/h1-7,12-13,15H,8-11H2,(H,23,26);1-7,12-13,28H,8-11H2,(H,24,27). The number of fused-ring (bicyclic) bond motifs is 4. The van der Waals surface area contributed by atoms with Gasteiger partial charge in [-0.05, 0) is 63.5 Å². The Morgan fingerprint density at radius 1 is 0.700 bits per heavy atom. The van der Waals surface area contributed by atoms with E-state index in [1.165, 1.54) is 6.20 Å². The number of hydrogen-bond acceptors (Lipinski definition) is 13. The summed E-state index contributed by atoms with van der Waals surface area (Å²) < 4.78 is 22.3. The minimum atomic E-state index is -1.59. The quantitative estimate of drug-likeness (QED) is 0.0967. The first-order valence-electron chi connectivity index (χ1n) is 19.6. The van der Waals surface area contributed by atoms with Crippen molar-refractivity contribution < 1.29 is 47.5 Å². The fraction of sp³-hybridized carbons (Fsp3) is 0.273. The highest BCUT2D eigenvalue weighted by molar-refractivity contribution is 5.97. The van der Waals surface area contributed by atoms with Crippen LogP contribution in [0.25, 0.3) is 22.5 Å². The zero-order chi connectivity index (χ0) is 41.5. The lowest BCUT2D eigenvalue weighted by Gasteiger charge is -2.40. The smallest absolute Gasteiger partial charge is 0.406 e. The van der Waals surface area contributed by atoms with Crippen LogP contribution >= 0.6 is 0 Å². The topological polar surface area (TPSA) is 223 Å². The number of nitrogens with zero attached hydrogens (tertiary/aromatic N) is 4. The van der Waals surface area contributed by atoms with Crippen LogP contribution in [-0.4, -0.2) is 49.8 Å². The summed E-state index contributed by atoms with van der Waals surface area (Å²) in [5, 5.41) is 36.3. The van der Waals surface area contributed by atoms with E-state index in [0.29, 0.717) is 71.8 Å². The molecule has 10 rings (SSSR count). The van der Waals surface area contributed by atoms with Gasteiger partial charge in [0, 0.05) is 47.0 Å². The van der Waals surface area contributed by atoms with Crippen LogP contribution in [0.4, 0.5) is 11.8 Å². The summed E-state index contributed by atoms with van der Waals surface area (Å²) in [6.45, 7) is 0. The Kier molecular flexibility index (Phi) is 9.70. The van der Waals surface area contributed by atoms with Crippen molar-refractivity contribution in [3.8, 4) is 22.5 Å². The summed E-state index contributed by atoms with van der Waals surface area (Å²) in [7, 11) is 0. The van der Waals surface area contributed by atoms with Crippen LogP contribution in [0.2, 0.25) is 0 Å². The van der Waals surface area contributed by atoms with Crippen molar-refractivity contribution in [2.24, 2.45) is 5.92 Å². The van der Waals surface area contributed by atoms with E-state index in [4.69, 9.17) is 18.5 Å². The van der Waals surface area contributed by atoms with Gasteiger partial charge in [-0.1, -0.05) is 77.0 Å². The van der Waals surface area contributed by atoms with Gasteiger partial charge in [0.05, 0.1) is 5.56 Å². The summed E-state index contributed by atoms with van der Waals surface area (Å²) in [5.74, 6) is -1.57. The molecule has 60 heavy (non-hydrogen) atoms. The van der Waals surface area contributed by atoms with Crippen molar-refractivity contribution in [1.82, 2.24) is 15.3 Å². The minimum Gasteiger partial charge on any atom is -0.618 e. The molecular formula is C44H38N6O10. The van der Waals surface area contributed by atoms with E-state index in [0.717, 1.165) is 16.7 Å². The predicted octanol–water partition coefficient (Wildman–Crippen LogP) is 6.22.